The maximum atomic E-state index is 10.6. The Morgan fingerprint density at radius 1 is 0.947 bits per heavy atom. The van der Waals surface area contributed by atoms with Crippen LogP contribution in [0.5, 0.6) is 0 Å². The van der Waals surface area contributed by atoms with Crippen LogP contribution in [0.4, 0.5) is 0 Å². The van der Waals surface area contributed by atoms with E-state index < -0.39 is 17.9 Å². The Labute approximate surface area is 106 Å². The number of pyridine rings is 1. The number of carboxylic acid groups (broad SMARTS) is 3. The fourth-order valence-corrected chi connectivity index (χ4v) is 1.19. The van der Waals surface area contributed by atoms with Crippen LogP contribution in [0.3, 0.4) is 0 Å². The largest absolute Gasteiger partial charge is 0.478 e. The van der Waals surface area contributed by atoms with Gasteiger partial charge in [-0.2, -0.15) is 0 Å². The molecule has 98 valence electrons. The number of aromatic carboxylic acids is 1. The second-order valence-corrected chi connectivity index (χ2v) is 3.33. The van der Waals surface area contributed by atoms with Gasteiger partial charge in [-0.25, -0.2) is 14.4 Å². The summed E-state index contributed by atoms with van der Waals surface area (Å²) in [5.41, 5.74) is 1.03. The molecule has 0 aliphatic heterocycles. The van der Waals surface area contributed by atoms with Gasteiger partial charge < -0.3 is 15.3 Å². The van der Waals surface area contributed by atoms with E-state index in [0.29, 0.717) is 0 Å². The molecule has 0 unspecified atom stereocenters. The summed E-state index contributed by atoms with van der Waals surface area (Å²) in [5, 5.41) is 24.3. The van der Waals surface area contributed by atoms with Gasteiger partial charge in [0.25, 0.3) is 0 Å². The molecule has 0 aliphatic carbocycles. The highest BCUT2D eigenvalue weighted by Gasteiger charge is 2.04. The minimum atomic E-state index is -1.82. The van der Waals surface area contributed by atoms with Gasteiger partial charge in [0.1, 0.15) is 0 Å². The molecule has 2 rings (SSSR count). The Kier molecular flexibility index (Phi) is 4.53. The second kappa shape index (κ2) is 6.10. The molecule has 0 bridgehead atoms. The third-order valence-electron chi connectivity index (χ3n) is 2.02. The van der Waals surface area contributed by atoms with Crippen LogP contribution in [-0.2, 0) is 9.59 Å². The average molecular weight is 263 g/mol. The van der Waals surface area contributed by atoms with Crippen molar-refractivity contribution < 1.29 is 29.7 Å². The van der Waals surface area contributed by atoms with E-state index in [1.165, 1.54) is 6.20 Å². The summed E-state index contributed by atoms with van der Waals surface area (Å²) in [6.45, 7) is 0. The average Bonchev–Trinajstić information content (AvgIpc) is 2.38. The van der Waals surface area contributed by atoms with Gasteiger partial charge in [0.2, 0.25) is 0 Å². The number of carbonyl (C=O) groups is 3. The lowest BCUT2D eigenvalue weighted by atomic mass is 10.2. The normalized spacial score (nSPS) is 9.26. The zero-order valence-electron chi connectivity index (χ0n) is 9.48. The Morgan fingerprint density at radius 2 is 1.53 bits per heavy atom. The third-order valence-corrected chi connectivity index (χ3v) is 2.02. The van der Waals surface area contributed by atoms with Crippen molar-refractivity contribution in [1.82, 2.24) is 4.98 Å². The van der Waals surface area contributed by atoms with E-state index in [-0.39, 0.29) is 5.56 Å². The first-order valence-electron chi connectivity index (χ1n) is 4.96. The van der Waals surface area contributed by atoms with Gasteiger partial charge in [0, 0.05) is 11.6 Å². The van der Waals surface area contributed by atoms with Crippen LogP contribution >= 0.6 is 0 Å². The quantitative estimate of drug-likeness (QED) is 0.657. The monoisotopic (exact) mass is 263 g/mol. The molecule has 0 saturated carbocycles. The number of hydrogen-bond donors (Lipinski definition) is 3. The molecule has 7 heteroatoms. The van der Waals surface area contributed by atoms with Crippen LogP contribution in [0, 0.1) is 0 Å². The molecule has 0 amide bonds. The van der Waals surface area contributed by atoms with Crippen molar-refractivity contribution in [3.63, 3.8) is 0 Å². The van der Waals surface area contributed by atoms with Crippen molar-refractivity contribution in [2.24, 2.45) is 0 Å². The first kappa shape index (κ1) is 14.1. The van der Waals surface area contributed by atoms with E-state index in [4.69, 9.17) is 24.9 Å². The molecule has 19 heavy (non-hydrogen) atoms. The minimum absolute atomic E-state index is 0.221. The van der Waals surface area contributed by atoms with Gasteiger partial charge in [0.05, 0.1) is 11.1 Å². The molecular formula is C12H9NO6. The molecule has 0 fully saturated rings. The molecular weight excluding hydrogens is 254 g/mol. The SMILES string of the molecule is O=C(O)C(=O)O.O=C(O)c1cnc2ccccc2c1. The predicted molar refractivity (Wildman–Crippen MR) is 64.0 cm³/mol. The van der Waals surface area contributed by atoms with Crippen LogP contribution in [0.1, 0.15) is 10.4 Å². The topological polar surface area (TPSA) is 125 Å². The zero-order chi connectivity index (χ0) is 14.4. The number of aromatic nitrogens is 1. The summed E-state index contributed by atoms with van der Waals surface area (Å²) in [4.78, 5) is 32.8. The molecule has 2 aromatic rings. The highest BCUT2D eigenvalue weighted by molar-refractivity contribution is 6.27. The van der Waals surface area contributed by atoms with Gasteiger partial charge in [-0.3, -0.25) is 4.98 Å². The number of benzene rings is 1. The Balaban J connectivity index is 0.000000258. The number of nitrogens with zero attached hydrogens (tertiary/aromatic N) is 1. The number of aliphatic carboxylic acids is 2. The lowest BCUT2D eigenvalue weighted by Crippen LogP contribution is -2.09. The van der Waals surface area contributed by atoms with Gasteiger partial charge >= 0.3 is 17.9 Å². The van der Waals surface area contributed by atoms with Crippen LogP contribution in [0.25, 0.3) is 10.9 Å². The van der Waals surface area contributed by atoms with Crippen molar-refractivity contribution in [2.45, 2.75) is 0 Å². The first-order chi connectivity index (χ1) is 8.91. The molecule has 0 spiro atoms. The number of para-hydroxylation sites is 1. The lowest BCUT2D eigenvalue weighted by Gasteiger charge is -1.97. The predicted octanol–water partition coefficient (Wildman–Crippen LogP) is 1.09. The van der Waals surface area contributed by atoms with Crippen molar-refractivity contribution >= 4 is 28.8 Å². The van der Waals surface area contributed by atoms with E-state index >= 15 is 0 Å². The molecule has 7 nitrogen and oxygen atoms in total. The fourth-order valence-electron chi connectivity index (χ4n) is 1.19. The molecule has 1 heterocycles. The number of fused-ring (bicyclic) bond motifs is 1. The van der Waals surface area contributed by atoms with Crippen LogP contribution in [0.2, 0.25) is 0 Å². The molecule has 0 aliphatic rings. The van der Waals surface area contributed by atoms with E-state index in [9.17, 15) is 4.79 Å². The van der Waals surface area contributed by atoms with Crippen LogP contribution in [-0.4, -0.2) is 38.2 Å². The van der Waals surface area contributed by atoms with Gasteiger partial charge in [-0.15, -0.1) is 0 Å². The number of carboxylic acids is 3. The summed E-state index contributed by atoms with van der Waals surface area (Å²) < 4.78 is 0. The first-order valence-corrected chi connectivity index (χ1v) is 4.96. The van der Waals surface area contributed by atoms with Crippen LogP contribution < -0.4 is 0 Å². The maximum absolute atomic E-state index is 10.6. The second-order valence-electron chi connectivity index (χ2n) is 3.33. The van der Waals surface area contributed by atoms with Crippen LogP contribution in [0.15, 0.2) is 36.5 Å². The highest BCUT2D eigenvalue weighted by atomic mass is 16.4. The maximum Gasteiger partial charge on any atom is 0.414 e. The van der Waals surface area contributed by atoms with Gasteiger partial charge in [0.15, 0.2) is 0 Å². The molecule has 0 radical (unpaired) electrons. The number of hydrogen-bond acceptors (Lipinski definition) is 4. The number of rotatable bonds is 1. The molecule has 3 N–H and O–H groups in total. The molecule has 1 aromatic heterocycles. The van der Waals surface area contributed by atoms with Crippen molar-refractivity contribution in [3.8, 4) is 0 Å². The summed E-state index contributed by atoms with van der Waals surface area (Å²) in [6.07, 6.45) is 1.37. The minimum Gasteiger partial charge on any atom is -0.478 e. The Bertz CT molecular complexity index is 625. The summed E-state index contributed by atoms with van der Waals surface area (Å²) in [5.74, 6) is -4.59. The van der Waals surface area contributed by atoms with E-state index in [0.717, 1.165) is 10.9 Å². The van der Waals surface area contributed by atoms with E-state index in [1.807, 2.05) is 24.3 Å². The summed E-state index contributed by atoms with van der Waals surface area (Å²) >= 11 is 0. The molecule has 0 saturated heterocycles. The van der Waals surface area contributed by atoms with Crippen molar-refractivity contribution in [1.29, 1.82) is 0 Å². The standard InChI is InChI=1S/C10H7NO2.C2H2O4/c12-10(13)8-5-7-3-1-2-4-9(7)11-6-8;3-1(4)2(5)6/h1-6H,(H,12,13);(H,3,4)(H,5,6). The van der Waals surface area contributed by atoms with E-state index in [1.54, 1.807) is 6.07 Å². The van der Waals surface area contributed by atoms with Crippen molar-refractivity contribution in [3.05, 3.63) is 42.1 Å². The van der Waals surface area contributed by atoms with Gasteiger partial charge in [-0.1, -0.05) is 18.2 Å². The Hall–Kier alpha value is -2.96. The summed E-state index contributed by atoms with van der Waals surface area (Å²) in [6, 6.07) is 9.03. The fraction of sp³-hybridized carbons (Fsp3) is 0. The zero-order valence-corrected chi connectivity index (χ0v) is 9.48. The Morgan fingerprint density at radius 3 is 2.05 bits per heavy atom. The molecule has 0 atom stereocenters. The highest BCUT2D eigenvalue weighted by Crippen LogP contribution is 2.12. The van der Waals surface area contributed by atoms with Gasteiger partial charge in [-0.05, 0) is 12.1 Å². The summed E-state index contributed by atoms with van der Waals surface area (Å²) in [7, 11) is 0. The molecule has 1 aromatic carbocycles. The van der Waals surface area contributed by atoms with E-state index in [2.05, 4.69) is 4.98 Å². The third kappa shape index (κ3) is 4.08. The lowest BCUT2D eigenvalue weighted by molar-refractivity contribution is -0.159. The van der Waals surface area contributed by atoms with Crippen molar-refractivity contribution in [2.75, 3.05) is 0 Å². The smallest absolute Gasteiger partial charge is 0.414 e.